The normalized spacial score (nSPS) is 12.3. The number of nitrogens with zero attached hydrogens (tertiary/aromatic N) is 2. The van der Waals surface area contributed by atoms with Crippen molar-refractivity contribution in [1.29, 1.82) is 0 Å². The Labute approximate surface area is 160 Å². The Bertz CT molecular complexity index is 731. The van der Waals surface area contributed by atoms with Crippen LogP contribution >= 0.6 is 0 Å². The van der Waals surface area contributed by atoms with Gasteiger partial charge >= 0.3 is 0 Å². The highest BCUT2D eigenvalue weighted by Gasteiger charge is 2.12. The molecule has 0 radical (unpaired) electrons. The summed E-state index contributed by atoms with van der Waals surface area (Å²) in [5.41, 5.74) is 8.31. The third kappa shape index (κ3) is 4.81. The van der Waals surface area contributed by atoms with Crippen molar-refractivity contribution in [3.8, 4) is 0 Å². The number of rotatable bonds is 7. The van der Waals surface area contributed by atoms with E-state index in [2.05, 4.69) is 102 Å². The Morgan fingerprint density at radius 2 is 1.42 bits per heavy atom. The Morgan fingerprint density at radius 3 is 2.00 bits per heavy atom. The van der Waals surface area contributed by atoms with E-state index in [1.807, 2.05) is 0 Å². The van der Waals surface area contributed by atoms with E-state index in [9.17, 15) is 0 Å². The van der Waals surface area contributed by atoms with Crippen LogP contribution in [0.15, 0.2) is 36.4 Å². The fourth-order valence-electron chi connectivity index (χ4n) is 3.65. The summed E-state index contributed by atoms with van der Waals surface area (Å²) in [7, 11) is 6.42. The topological polar surface area (TPSA) is 6.48 Å². The van der Waals surface area contributed by atoms with Crippen molar-refractivity contribution >= 4 is 11.4 Å². The zero-order chi connectivity index (χ0) is 19.4. The van der Waals surface area contributed by atoms with E-state index in [1.54, 1.807) is 0 Å². The van der Waals surface area contributed by atoms with Gasteiger partial charge in [-0.25, -0.2) is 0 Å². The highest BCUT2D eigenvalue weighted by atomic mass is 15.1. The van der Waals surface area contributed by atoms with Gasteiger partial charge in [0.15, 0.2) is 0 Å². The molecule has 1 atom stereocenters. The molecule has 26 heavy (non-hydrogen) atoms. The van der Waals surface area contributed by atoms with Crippen molar-refractivity contribution in [2.24, 2.45) is 0 Å². The molecule has 0 aromatic heterocycles. The van der Waals surface area contributed by atoms with E-state index in [0.29, 0.717) is 11.8 Å². The van der Waals surface area contributed by atoms with Gasteiger partial charge in [0, 0.05) is 39.1 Å². The predicted octanol–water partition coefficient (Wildman–Crippen LogP) is 6.12. The number of aryl methyl sites for hydroxylation is 2. The number of anilines is 2. The molecular formula is C24H36N2. The van der Waals surface area contributed by atoms with Gasteiger partial charge in [-0.1, -0.05) is 32.9 Å². The first kappa shape index (κ1) is 20.4. The van der Waals surface area contributed by atoms with Crippen molar-refractivity contribution in [1.82, 2.24) is 0 Å². The Morgan fingerprint density at radius 1 is 0.769 bits per heavy atom. The van der Waals surface area contributed by atoms with Crippen LogP contribution in [0.5, 0.6) is 0 Å². The molecule has 0 aliphatic carbocycles. The minimum absolute atomic E-state index is 0.549. The van der Waals surface area contributed by atoms with E-state index < -0.39 is 0 Å². The van der Waals surface area contributed by atoms with Gasteiger partial charge in [-0.05, 0) is 78.6 Å². The molecule has 2 rings (SSSR count). The van der Waals surface area contributed by atoms with Crippen molar-refractivity contribution in [3.63, 3.8) is 0 Å². The molecule has 2 nitrogen and oxygen atoms in total. The maximum absolute atomic E-state index is 2.39. The van der Waals surface area contributed by atoms with E-state index in [0.717, 1.165) is 13.0 Å². The molecule has 0 spiro atoms. The summed E-state index contributed by atoms with van der Waals surface area (Å²) in [6.45, 7) is 12.4. The first-order valence-corrected chi connectivity index (χ1v) is 9.80. The van der Waals surface area contributed by atoms with Crippen LogP contribution in [0.2, 0.25) is 0 Å². The second-order valence-corrected chi connectivity index (χ2v) is 8.24. The van der Waals surface area contributed by atoms with Crippen LogP contribution in [0.1, 0.15) is 61.3 Å². The lowest BCUT2D eigenvalue weighted by atomic mass is 9.92. The summed E-state index contributed by atoms with van der Waals surface area (Å²) in [6, 6.07) is 13.7. The summed E-state index contributed by atoms with van der Waals surface area (Å²) >= 11 is 0. The van der Waals surface area contributed by atoms with Gasteiger partial charge in [0.25, 0.3) is 0 Å². The highest BCUT2D eigenvalue weighted by Crippen LogP contribution is 2.28. The fourth-order valence-corrected chi connectivity index (χ4v) is 3.65. The largest absolute Gasteiger partial charge is 0.378 e. The monoisotopic (exact) mass is 352 g/mol. The second-order valence-electron chi connectivity index (χ2n) is 8.24. The summed E-state index contributed by atoms with van der Waals surface area (Å²) in [6.07, 6.45) is 1.15. The Balaban J connectivity index is 2.06. The predicted molar refractivity (Wildman–Crippen MR) is 117 cm³/mol. The van der Waals surface area contributed by atoms with Crippen molar-refractivity contribution in [2.45, 2.75) is 52.9 Å². The zero-order valence-electron chi connectivity index (χ0n) is 17.9. The van der Waals surface area contributed by atoms with Crippen LogP contribution in [0.25, 0.3) is 0 Å². The van der Waals surface area contributed by atoms with Crippen LogP contribution in [-0.2, 0) is 0 Å². The molecule has 0 heterocycles. The van der Waals surface area contributed by atoms with Gasteiger partial charge in [0.1, 0.15) is 0 Å². The standard InChI is InChI=1S/C24H36N2/c1-17(2)23-12-11-22(15-20(23)5)26(8)14-13-19(4)24-16-21(25(6)7)10-9-18(24)3/h9-12,15-17,19H,13-14H2,1-8H3. The molecule has 142 valence electrons. The van der Waals surface area contributed by atoms with E-state index >= 15 is 0 Å². The maximum Gasteiger partial charge on any atom is 0.0366 e. The number of benzene rings is 2. The van der Waals surface area contributed by atoms with Crippen LogP contribution in [0.3, 0.4) is 0 Å². The lowest BCUT2D eigenvalue weighted by molar-refractivity contribution is 0.667. The average molecular weight is 353 g/mol. The molecule has 0 N–H and O–H groups in total. The smallest absolute Gasteiger partial charge is 0.0366 e. The fraction of sp³-hybridized carbons (Fsp3) is 0.500. The molecule has 0 aliphatic rings. The zero-order valence-corrected chi connectivity index (χ0v) is 17.9. The molecule has 1 unspecified atom stereocenters. The highest BCUT2D eigenvalue weighted by molar-refractivity contribution is 5.52. The molecular weight excluding hydrogens is 316 g/mol. The van der Waals surface area contributed by atoms with Crippen LogP contribution < -0.4 is 9.80 Å². The molecule has 0 bridgehead atoms. The minimum atomic E-state index is 0.549. The number of hydrogen-bond donors (Lipinski definition) is 0. The molecule has 2 aromatic rings. The minimum Gasteiger partial charge on any atom is -0.378 e. The third-order valence-corrected chi connectivity index (χ3v) is 5.52. The van der Waals surface area contributed by atoms with Crippen molar-refractivity contribution < 1.29 is 0 Å². The van der Waals surface area contributed by atoms with Crippen LogP contribution in [-0.4, -0.2) is 27.7 Å². The second kappa shape index (κ2) is 8.62. The van der Waals surface area contributed by atoms with Gasteiger partial charge in [-0.3, -0.25) is 0 Å². The molecule has 2 aromatic carbocycles. The first-order valence-electron chi connectivity index (χ1n) is 9.80. The van der Waals surface area contributed by atoms with Crippen LogP contribution in [0, 0.1) is 13.8 Å². The molecule has 0 amide bonds. The Hall–Kier alpha value is -1.96. The van der Waals surface area contributed by atoms with E-state index in [1.165, 1.54) is 33.6 Å². The molecule has 0 fully saturated rings. The summed E-state index contributed by atoms with van der Waals surface area (Å²) in [5, 5.41) is 0. The average Bonchev–Trinajstić information content (AvgIpc) is 2.59. The SMILES string of the molecule is Cc1cc(N(C)CCC(C)c2cc(N(C)C)ccc2C)ccc1C(C)C. The van der Waals surface area contributed by atoms with Crippen molar-refractivity contribution in [2.75, 3.05) is 37.5 Å². The van der Waals surface area contributed by atoms with E-state index in [4.69, 9.17) is 0 Å². The van der Waals surface area contributed by atoms with Gasteiger partial charge in [0.05, 0.1) is 0 Å². The lowest BCUT2D eigenvalue weighted by Gasteiger charge is -2.24. The van der Waals surface area contributed by atoms with Crippen molar-refractivity contribution in [3.05, 3.63) is 58.7 Å². The third-order valence-electron chi connectivity index (χ3n) is 5.52. The molecule has 0 aliphatic heterocycles. The van der Waals surface area contributed by atoms with E-state index in [-0.39, 0.29) is 0 Å². The maximum atomic E-state index is 2.39. The quantitative estimate of drug-likeness (QED) is 0.592. The number of hydrogen-bond acceptors (Lipinski definition) is 2. The molecule has 0 saturated carbocycles. The van der Waals surface area contributed by atoms with Crippen LogP contribution in [0.4, 0.5) is 11.4 Å². The Kier molecular flexibility index (Phi) is 6.75. The summed E-state index contributed by atoms with van der Waals surface area (Å²) < 4.78 is 0. The molecule has 0 saturated heterocycles. The summed E-state index contributed by atoms with van der Waals surface area (Å²) in [4.78, 5) is 4.57. The lowest BCUT2D eigenvalue weighted by Crippen LogP contribution is -2.20. The van der Waals surface area contributed by atoms with Gasteiger partial charge in [-0.15, -0.1) is 0 Å². The van der Waals surface area contributed by atoms with Gasteiger partial charge < -0.3 is 9.80 Å². The molecule has 2 heteroatoms. The van der Waals surface area contributed by atoms with Gasteiger partial charge in [0.2, 0.25) is 0 Å². The van der Waals surface area contributed by atoms with Gasteiger partial charge in [-0.2, -0.15) is 0 Å². The first-order chi connectivity index (χ1) is 12.2. The summed E-state index contributed by atoms with van der Waals surface area (Å²) in [5.74, 6) is 1.13.